The summed E-state index contributed by atoms with van der Waals surface area (Å²) in [5.41, 5.74) is 0.493. The molecule has 2 fully saturated rings. The van der Waals surface area contributed by atoms with E-state index in [9.17, 15) is 4.79 Å². The molecule has 23 heavy (non-hydrogen) atoms. The van der Waals surface area contributed by atoms with Crippen molar-refractivity contribution in [3.8, 4) is 5.88 Å². The zero-order chi connectivity index (χ0) is 15.6. The van der Waals surface area contributed by atoms with E-state index in [4.69, 9.17) is 9.47 Å². The van der Waals surface area contributed by atoms with Gasteiger partial charge in [-0.3, -0.25) is 9.89 Å². The smallest absolute Gasteiger partial charge is 0.272 e. The first-order chi connectivity index (χ1) is 11.3. The average Bonchev–Trinajstić information content (AvgIpc) is 3.24. The molecular formula is C16H18N4O3. The zero-order valence-electron chi connectivity index (χ0n) is 12.6. The van der Waals surface area contributed by atoms with Crippen molar-refractivity contribution in [1.82, 2.24) is 20.1 Å². The number of aromatic amines is 1. The molecule has 4 rings (SSSR count). The van der Waals surface area contributed by atoms with Crippen LogP contribution < -0.4 is 4.74 Å². The number of carbonyl (C=O) groups is 1. The summed E-state index contributed by atoms with van der Waals surface area (Å²) in [6, 6.07) is 7.26. The van der Waals surface area contributed by atoms with Gasteiger partial charge in [0.05, 0.1) is 12.6 Å². The third-order valence-electron chi connectivity index (χ3n) is 4.38. The van der Waals surface area contributed by atoms with Gasteiger partial charge in [0.1, 0.15) is 17.9 Å². The monoisotopic (exact) mass is 314 g/mol. The molecule has 0 aromatic carbocycles. The van der Waals surface area contributed by atoms with Crippen LogP contribution in [0.25, 0.3) is 0 Å². The van der Waals surface area contributed by atoms with E-state index in [-0.39, 0.29) is 24.2 Å². The van der Waals surface area contributed by atoms with Crippen LogP contribution in [-0.2, 0) is 4.74 Å². The Hall–Kier alpha value is -2.41. The molecule has 7 nitrogen and oxygen atoms in total. The fraction of sp³-hybridized carbons (Fsp3) is 0.438. The maximum Gasteiger partial charge on any atom is 0.272 e. The summed E-state index contributed by atoms with van der Waals surface area (Å²) in [5.74, 6) is 0.497. The van der Waals surface area contributed by atoms with Gasteiger partial charge in [-0.15, -0.1) is 0 Å². The standard InChI is InChI=1S/C16H18N4O3/c21-16(11-6-8-18-19-11)20-10-13(15-12(20)4-3-9-22-15)23-14-5-1-2-7-17-14/h1-2,5-8,12-13,15H,3-4,9-10H2,(H,18,19)/t12-,13+,15+/m1/s1. The molecule has 2 aliphatic rings. The van der Waals surface area contributed by atoms with Crippen molar-refractivity contribution < 1.29 is 14.3 Å². The van der Waals surface area contributed by atoms with Crippen molar-refractivity contribution in [2.45, 2.75) is 31.1 Å². The summed E-state index contributed by atoms with van der Waals surface area (Å²) < 4.78 is 11.9. The fourth-order valence-electron chi connectivity index (χ4n) is 3.35. The Labute approximate surface area is 133 Å². The topological polar surface area (TPSA) is 80.3 Å². The first kappa shape index (κ1) is 14.2. The van der Waals surface area contributed by atoms with E-state index in [1.807, 2.05) is 23.1 Å². The highest BCUT2D eigenvalue weighted by Crippen LogP contribution is 2.32. The highest BCUT2D eigenvalue weighted by molar-refractivity contribution is 5.92. The first-order valence-electron chi connectivity index (χ1n) is 7.82. The molecule has 1 N–H and O–H groups in total. The Kier molecular flexibility index (Phi) is 3.70. The minimum absolute atomic E-state index is 0.0354. The number of ether oxygens (including phenoxy) is 2. The number of hydrogen-bond acceptors (Lipinski definition) is 5. The van der Waals surface area contributed by atoms with Gasteiger partial charge in [0.2, 0.25) is 5.88 Å². The number of amides is 1. The molecule has 2 aromatic heterocycles. The van der Waals surface area contributed by atoms with Crippen molar-refractivity contribution in [1.29, 1.82) is 0 Å². The lowest BCUT2D eigenvalue weighted by Crippen LogP contribution is -2.44. The van der Waals surface area contributed by atoms with E-state index in [0.29, 0.717) is 24.7 Å². The maximum absolute atomic E-state index is 12.7. The van der Waals surface area contributed by atoms with E-state index in [2.05, 4.69) is 15.2 Å². The van der Waals surface area contributed by atoms with Crippen molar-refractivity contribution >= 4 is 5.91 Å². The maximum atomic E-state index is 12.7. The summed E-state index contributed by atoms with van der Waals surface area (Å²) in [6.07, 6.45) is 4.83. The molecule has 4 heterocycles. The highest BCUT2D eigenvalue weighted by Gasteiger charge is 2.47. The summed E-state index contributed by atoms with van der Waals surface area (Å²) in [4.78, 5) is 18.7. The number of H-pyrrole nitrogens is 1. The lowest BCUT2D eigenvalue weighted by molar-refractivity contribution is -0.0455. The Morgan fingerprint density at radius 1 is 1.35 bits per heavy atom. The molecule has 0 bridgehead atoms. The van der Waals surface area contributed by atoms with Crippen LogP contribution in [0.15, 0.2) is 36.7 Å². The summed E-state index contributed by atoms with van der Waals surface area (Å²) in [6.45, 7) is 1.19. The van der Waals surface area contributed by atoms with Crippen LogP contribution in [0.4, 0.5) is 0 Å². The van der Waals surface area contributed by atoms with Gasteiger partial charge in [-0.25, -0.2) is 4.98 Å². The molecule has 0 aliphatic carbocycles. The molecule has 0 unspecified atom stereocenters. The second kappa shape index (κ2) is 6.00. The molecule has 0 saturated carbocycles. The number of nitrogens with zero attached hydrogens (tertiary/aromatic N) is 3. The van der Waals surface area contributed by atoms with E-state index in [0.717, 1.165) is 12.8 Å². The van der Waals surface area contributed by atoms with E-state index < -0.39 is 0 Å². The van der Waals surface area contributed by atoms with E-state index in [1.165, 1.54) is 0 Å². The van der Waals surface area contributed by atoms with Gasteiger partial charge in [0, 0.05) is 25.1 Å². The number of nitrogens with one attached hydrogen (secondary N) is 1. The van der Waals surface area contributed by atoms with Gasteiger partial charge < -0.3 is 14.4 Å². The van der Waals surface area contributed by atoms with Crippen molar-refractivity contribution in [3.05, 3.63) is 42.4 Å². The van der Waals surface area contributed by atoms with Crippen LogP contribution in [0.1, 0.15) is 23.3 Å². The SMILES string of the molecule is O=C(c1ccn[nH]1)N1C[C@H](Oc2ccccn2)[C@H]2OCCC[C@H]21. The molecule has 7 heteroatoms. The van der Waals surface area contributed by atoms with Crippen LogP contribution in [0.2, 0.25) is 0 Å². The van der Waals surface area contributed by atoms with Crippen molar-refractivity contribution in [3.63, 3.8) is 0 Å². The molecule has 3 atom stereocenters. The molecule has 2 aliphatic heterocycles. The molecule has 120 valence electrons. The summed E-state index contributed by atoms with van der Waals surface area (Å²) in [7, 11) is 0. The minimum Gasteiger partial charge on any atom is -0.470 e. The number of pyridine rings is 1. The Bertz CT molecular complexity index is 661. The van der Waals surface area contributed by atoms with Gasteiger partial charge in [0.15, 0.2) is 0 Å². The van der Waals surface area contributed by atoms with Gasteiger partial charge in [-0.05, 0) is 25.0 Å². The number of rotatable bonds is 3. The Morgan fingerprint density at radius 2 is 2.30 bits per heavy atom. The van der Waals surface area contributed by atoms with Gasteiger partial charge in [-0.2, -0.15) is 5.10 Å². The molecule has 2 aromatic rings. The highest BCUT2D eigenvalue weighted by atomic mass is 16.5. The predicted molar refractivity (Wildman–Crippen MR) is 81.0 cm³/mol. The third kappa shape index (κ3) is 2.68. The fourth-order valence-corrected chi connectivity index (χ4v) is 3.35. The number of likely N-dealkylation sites (tertiary alicyclic amines) is 1. The first-order valence-corrected chi connectivity index (χ1v) is 7.82. The minimum atomic E-state index is -0.206. The molecule has 2 saturated heterocycles. The number of carbonyl (C=O) groups excluding carboxylic acids is 1. The molecule has 0 radical (unpaired) electrons. The zero-order valence-corrected chi connectivity index (χ0v) is 12.6. The average molecular weight is 314 g/mol. The largest absolute Gasteiger partial charge is 0.470 e. The lowest BCUT2D eigenvalue weighted by atomic mass is 10.0. The van der Waals surface area contributed by atoms with E-state index in [1.54, 1.807) is 18.5 Å². The van der Waals surface area contributed by atoms with Gasteiger partial charge in [-0.1, -0.05) is 6.07 Å². The molecule has 0 spiro atoms. The normalized spacial score (nSPS) is 26.8. The lowest BCUT2D eigenvalue weighted by Gasteiger charge is -2.31. The number of aromatic nitrogens is 3. The van der Waals surface area contributed by atoms with Crippen molar-refractivity contribution in [2.75, 3.05) is 13.2 Å². The quantitative estimate of drug-likeness (QED) is 0.922. The van der Waals surface area contributed by atoms with Crippen LogP contribution in [-0.4, -0.2) is 57.4 Å². The number of hydrogen-bond donors (Lipinski definition) is 1. The Balaban J connectivity index is 1.56. The molecular weight excluding hydrogens is 296 g/mol. The van der Waals surface area contributed by atoms with Crippen LogP contribution in [0.5, 0.6) is 5.88 Å². The van der Waals surface area contributed by atoms with Crippen molar-refractivity contribution in [2.24, 2.45) is 0 Å². The summed E-state index contributed by atoms with van der Waals surface area (Å²) in [5, 5.41) is 6.60. The Morgan fingerprint density at radius 3 is 3.09 bits per heavy atom. The van der Waals surface area contributed by atoms with Crippen LogP contribution in [0.3, 0.4) is 0 Å². The van der Waals surface area contributed by atoms with Crippen LogP contribution in [0, 0.1) is 0 Å². The predicted octanol–water partition coefficient (Wildman–Crippen LogP) is 1.26. The summed E-state index contributed by atoms with van der Waals surface area (Å²) >= 11 is 0. The van der Waals surface area contributed by atoms with Crippen LogP contribution >= 0.6 is 0 Å². The van der Waals surface area contributed by atoms with Gasteiger partial charge >= 0.3 is 0 Å². The second-order valence-electron chi connectivity index (χ2n) is 5.80. The third-order valence-corrected chi connectivity index (χ3v) is 4.38. The van der Waals surface area contributed by atoms with E-state index >= 15 is 0 Å². The second-order valence-corrected chi connectivity index (χ2v) is 5.80. The number of fused-ring (bicyclic) bond motifs is 1. The molecule has 1 amide bonds. The van der Waals surface area contributed by atoms with Gasteiger partial charge in [0.25, 0.3) is 5.91 Å².